The van der Waals surface area contributed by atoms with Crippen LogP contribution >= 0.6 is 0 Å². The van der Waals surface area contributed by atoms with Crippen LogP contribution in [-0.2, 0) is 16.2 Å². The maximum Gasteiger partial charge on any atom is 0.329 e. The smallest absolute Gasteiger partial charge is 0.329 e. The Morgan fingerprint density at radius 1 is 0.871 bits per heavy atom. The predicted molar refractivity (Wildman–Crippen MR) is 122 cm³/mol. The minimum Gasteiger partial charge on any atom is -0.489 e. The van der Waals surface area contributed by atoms with Crippen molar-refractivity contribution in [1.29, 1.82) is 0 Å². The molecule has 0 radical (unpaired) electrons. The van der Waals surface area contributed by atoms with E-state index in [1.54, 1.807) is 13.0 Å². The number of nitrogens with zero attached hydrogens (tertiary/aromatic N) is 1. The SMILES string of the molecule is CC(=NNC(=O)C(=O)Nc1ccc(C)c(C)c1)c1ccc(OCc2ccccc2)cc1. The van der Waals surface area contributed by atoms with Crippen molar-refractivity contribution in [2.75, 3.05) is 5.32 Å². The third-order valence-electron chi connectivity index (χ3n) is 4.82. The van der Waals surface area contributed by atoms with Gasteiger partial charge < -0.3 is 10.1 Å². The number of amides is 2. The van der Waals surface area contributed by atoms with Gasteiger partial charge in [0.25, 0.3) is 0 Å². The van der Waals surface area contributed by atoms with Gasteiger partial charge in [-0.15, -0.1) is 0 Å². The number of carbonyl (C=O) groups excluding carboxylic acids is 2. The Kier molecular flexibility index (Phi) is 7.17. The number of carbonyl (C=O) groups is 2. The quantitative estimate of drug-likeness (QED) is 0.357. The van der Waals surface area contributed by atoms with E-state index in [4.69, 9.17) is 4.74 Å². The minimum absolute atomic E-state index is 0.485. The molecule has 3 aromatic rings. The Hall–Kier alpha value is -3.93. The molecule has 2 N–H and O–H groups in total. The molecule has 0 saturated carbocycles. The lowest BCUT2D eigenvalue weighted by Gasteiger charge is -2.08. The molecule has 0 atom stereocenters. The van der Waals surface area contributed by atoms with Gasteiger partial charge in [0.1, 0.15) is 12.4 Å². The lowest BCUT2D eigenvalue weighted by atomic mass is 10.1. The second-order valence-corrected chi connectivity index (χ2v) is 7.19. The zero-order chi connectivity index (χ0) is 22.2. The summed E-state index contributed by atoms with van der Waals surface area (Å²) in [5.41, 5.74) is 7.47. The van der Waals surface area contributed by atoms with E-state index >= 15 is 0 Å². The van der Waals surface area contributed by atoms with E-state index < -0.39 is 11.8 Å². The van der Waals surface area contributed by atoms with Crippen LogP contribution in [0.4, 0.5) is 5.69 Å². The molecule has 0 aromatic heterocycles. The van der Waals surface area contributed by atoms with Crippen molar-refractivity contribution in [2.45, 2.75) is 27.4 Å². The fourth-order valence-electron chi connectivity index (χ4n) is 2.79. The fourth-order valence-corrected chi connectivity index (χ4v) is 2.79. The van der Waals surface area contributed by atoms with Crippen LogP contribution < -0.4 is 15.5 Å². The summed E-state index contributed by atoms with van der Waals surface area (Å²) in [6.45, 7) is 6.16. The number of benzene rings is 3. The monoisotopic (exact) mass is 415 g/mol. The number of aryl methyl sites for hydroxylation is 2. The van der Waals surface area contributed by atoms with E-state index in [2.05, 4.69) is 15.8 Å². The lowest BCUT2D eigenvalue weighted by molar-refractivity contribution is -0.136. The van der Waals surface area contributed by atoms with Crippen molar-refractivity contribution >= 4 is 23.2 Å². The average molecular weight is 415 g/mol. The van der Waals surface area contributed by atoms with Gasteiger partial charge in [-0.2, -0.15) is 5.10 Å². The van der Waals surface area contributed by atoms with E-state index in [-0.39, 0.29) is 0 Å². The summed E-state index contributed by atoms with van der Waals surface area (Å²) >= 11 is 0. The van der Waals surface area contributed by atoms with Gasteiger partial charge in [-0.25, -0.2) is 5.43 Å². The zero-order valence-corrected chi connectivity index (χ0v) is 17.8. The van der Waals surface area contributed by atoms with Gasteiger partial charge in [-0.05, 0) is 79.4 Å². The van der Waals surface area contributed by atoms with Gasteiger partial charge in [0.2, 0.25) is 0 Å². The Balaban J connectivity index is 1.53. The molecule has 0 aliphatic heterocycles. The van der Waals surface area contributed by atoms with Crippen LogP contribution in [0.3, 0.4) is 0 Å². The number of hydrazone groups is 1. The highest BCUT2D eigenvalue weighted by Crippen LogP contribution is 2.15. The summed E-state index contributed by atoms with van der Waals surface area (Å²) in [5, 5.41) is 6.60. The van der Waals surface area contributed by atoms with Crippen molar-refractivity contribution in [3.63, 3.8) is 0 Å². The van der Waals surface area contributed by atoms with Crippen molar-refractivity contribution in [3.8, 4) is 5.75 Å². The molecule has 0 spiro atoms. The molecule has 0 aliphatic carbocycles. The molecule has 3 rings (SSSR count). The first-order valence-corrected chi connectivity index (χ1v) is 9.92. The van der Waals surface area contributed by atoms with Crippen LogP contribution in [0, 0.1) is 13.8 Å². The molecule has 158 valence electrons. The van der Waals surface area contributed by atoms with Gasteiger partial charge in [-0.1, -0.05) is 36.4 Å². The standard InChI is InChI=1S/C25H25N3O3/c1-17-9-12-22(15-18(17)2)26-24(29)25(30)28-27-19(3)21-10-13-23(14-11-21)31-16-20-7-5-4-6-8-20/h4-15H,16H2,1-3H3,(H,26,29)(H,28,30). The molecule has 0 fully saturated rings. The Morgan fingerprint density at radius 3 is 2.26 bits per heavy atom. The molecule has 6 nitrogen and oxygen atoms in total. The van der Waals surface area contributed by atoms with E-state index in [0.29, 0.717) is 18.0 Å². The summed E-state index contributed by atoms with van der Waals surface area (Å²) in [6.07, 6.45) is 0. The van der Waals surface area contributed by atoms with E-state index in [0.717, 1.165) is 28.0 Å². The highest BCUT2D eigenvalue weighted by molar-refractivity contribution is 6.39. The van der Waals surface area contributed by atoms with Gasteiger partial charge in [0, 0.05) is 5.69 Å². The van der Waals surface area contributed by atoms with Gasteiger partial charge >= 0.3 is 11.8 Å². The van der Waals surface area contributed by atoms with E-state index in [9.17, 15) is 9.59 Å². The van der Waals surface area contributed by atoms with Crippen molar-refractivity contribution in [3.05, 3.63) is 95.1 Å². The van der Waals surface area contributed by atoms with Crippen LogP contribution in [0.25, 0.3) is 0 Å². The molecule has 2 amide bonds. The minimum atomic E-state index is -0.833. The molecule has 0 unspecified atom stereocenters. The fraction of sp³-hybridized carbons (Fsp3) is 0.160. The molecule has 0 aliphatic rings. The normalized spacial score (nSPS) is 11.0. The second-order valence-electron chi connectivity index (χ2n) is 7.19. The third kappa shape index (κ3) is 6.27. The summed E-state index contributed by atoms with van der Waals surface area (Å²) < 4.78 is 5.77. The van der Waals surface area contributed by atoms with Crippen molar-refractivity contribution in [2.24, 2.45) is 5.10 Å². The topological polar surface area (TPSA) is 79.8 Å². The first-order valence-electron chi connectivity index (χ1n) is 9.92. The largest absolute Gasteiger partial charge is 0.489 e. The maximum atomic E-state index is 12.1. The molecule has 0 saturated heterocycles. The van der Waals surface area contributed by atoms with Crippen LogP contribution in [0.1, 0.15) is 29.2 Å². The van der Waals surface area contributed by atoms with E-state index in [1.165, 1.54) is 0 Å². The van der Waals surface area contributed by atoms with Crippen LogP contribution in [-0.4, -0.2) is 17.5 Å². The van der Waals surface area contributed by atoms with Crippen molar-refractivity contribution < 1.29 is 14.3 Å². The number of anilines is 1. The highest BCUT2D eigenvalue weighted by atomic mass is 16.5. The van der Waals surface area contributed by atoms with Gasteiger partial charge in [0.05, 0.1) is 5.71 Å². The summed E-state index contributed by atoms with van der Waals surface area (Å²) in [6, 6.07) is 22.7. The molecule has 31 heavy (non-hydrogen) atoms. The van der Waals surface area contributed by atoms with Crippen molar-refractivity contribution in [1.82, 2.24) is 5.43 Å². The maximum absolute atomic E-state index is 12.1. The molecular weight excluding hydrogens is 390 g/mol. The number of ether oxygens (including phenoxy) is 1. The Bertz CT molecular complexity index is 1090. The third-order valence-corrected chi connectivity index (χ3v) is 4.82. The summed E-state index contributed by atoms with van der Waals surface area (Å²) in [5.74, 6) is -0.873. The molecular formula is C25H25N3O3. The van der Waals surface area contributed by atoms with Crippen LogP contribution in [0.5, 0.6) is 5.75 Å². The molecule has 0 bridgehead atoms. The molecule has 3 aromatic carbocycles. The number of nitrogens with one attached hydrogen (secondary N) is 2. The Morgan fingerprint density at radius 2 is 1.58 bits per heavy atom. The highest BCUT2D eigenvalue weighted by Gasteiger charge is 2.13. The number of hydrogen-bond donors (Lipinski definition) is 2. The first kappa shape index (κ1) is 21.8. The van der Waals surface area contributed by atoms with Gasteiger partial charge in [0.15, 0.2) is 0 Å². The van der Waals surface area contributed by atoms with Gasteiger partial charge in [-0.3, -0.25) is 9.59 Å². The molecule has 0 heterocycles. The average Bonchev–Trinajstić information content (AvgIpc) is 2.79. The first-order chi connectivity index (χ1) is 14.9. The van der Waals surface area contributed by atoms with Crippen LogP contribution in [0.2, 0.25) is 0 Å². The Labute approximate surface area is 182 Å². The summed E-state index contributed by atoms with van der Waals surface area (Å²) in [4.78, 5) is 24.1. The van der Waals surface area contributed by atoms with Crippen LogP contribution in [0.15, 0.2) is 77.9 Å². The molecule has 6 heteroatoms. The van der Waals surface area contributed by atoms with E-state index in [1.807, 2.05) is 80.6 Å². The zero-order valence-electron chi connectivity index (χ0n) is 17.8. The predicted octanol–water partition coefficient (Wildman–Crippen LogP) is 4.36. The number of hydrogen-bond acceptors (Lipinski definition) is 4. The lowest BCUT2D eigenvalue weighted by Crippen LogP contribution is -2.33. The second kappa shape index (κ2) is 10.2. The summed E-state index contributed by atoms with van der Waals surface area (Å²) in [7, 11) is 0. The number of rotatable bonds is 6.